The molecule has 0 aliphatic heterocycles. The predicted octanol–water partition coefficient (Wildman–Crippen LogP) is 5.41. The Balaban J connectivity index is 1.60. The molecule has 1 aliphatic carbocycles. The van der Waals surface area contributed by atoms with Crippen LogP contribution < -0.4 is 5.43 Å². The zero-order chi connectivity index (χ0) is 20.4. The van der Waals surface area contributed by atoms with Crippen LogP contribution >= 0.6 is 11.6 Å². The van der Waals surface area contributed by atoms with Crippen molar-refractivity contribution in [1.29, 1.82) is 0 Å². The number of carbonyl (C=O) groups is 1. The standard InChI is InChI=1S/C25H23ClN2O/c1-17-7-5-10-20(13-17)25(21-11-6-8-18(2)14-21)15-22(25)24(29)28-27-16-19-9-3-4-12-23(19)26/h3-14,16,22H,15H2,1-2H3,(H,28,29)/b27-16+. The molecule has 1 fully saturated rings. The van der Waals surface area contributed by atoms with Gasteiger partial charge in [-0.15, -0.1) is 0 Å². The predicted molar refractivity (Wildman–Crippen MR) is 118 cm³/mol. The summed E-state index contributed by atoms with van der Waals surface area (Å²) in [5.74, 6) is -0.231. The molecule has 0 heterocycles. The van der Waals surface area contributed by atoms with Crippen molar-refractivity contribution in [2.75, 3.05) is 0 Å². The van der Waals surface area contributed by atoms with Crippen molar-refractivity contribution in [3.05, 3.63) is 106 Å². The first-order chi connectivity index (χ1) is 14.0. The quantitative estimate of drug-likeness (QED) is 0.449. The number of benzene rings is 3. The highest BCUT2D eigenvalue weighted by Gasteiger charge is 2.60. The SMILES string of the molecule is Cc1cccc(C2(c3cccc(C)c3)CC2C(=O)N/N=C/c2ccccc2Cl)c1. The number of amides is 1. The summed E-state index contributed by atoms with van der Waals surface area (Å²) in [6.07, 6.45) is 2.36. The highest BCUT2D eigenvalue weighted by atomic mass is 35.5. The molecule has 29 heavy (non-hydrogen) atoms. The minimum absolute atomic E-state index is 0.0729. The molecule has 4 rings (SSSR count). The Hall–Kier alpha value is -2.91. The number of hydrazone groups is 1. The lowest BCUT2D eigenvalue weighted by atomic mass is 9.84. The van der Waals surface area contributed by atoms with Crippen molar-refractivity contribution < 1.29 is 4.79 Å². The number of hydrogen-bond donors (Lipinski definition) is 1. The molecule has 146 valence electrons. The van der Waals surface area contributed by atoms with E-state index in [0.717, 1.165) is 12.0 Å². The van der Waals surface area contributed by atoms with Crippen molar-refractivity contribution in [2.24, 2.45) is 11.0 Å². The summed E-state index contributed by atoms with van der Waals surface area (Å²) in [6.45, 7) is 4.16. The van der Waals surface area contributed by atoms with E-state index in [2.05, 4.69) is 72.9 Å². The molecule has 0 saturated heterocycles. The van der Waals surface area contributed by atoms with Gasteiger partial charge < -0.3 is 0 Å². The lowest BCUT2D eigenvalue weighted by Crippen LogP contribution is -2.25. The van der Waals surface area contributed by atoms with E-state index in [1.165, 1.54) is 22.3 Å². The van der Waals surface area contributed by atoms with E-state index in [1.54, 1.807) is 12.3 Å². The molecule has 1 amide bonds. The maximum absolute atomic E-state index is 13.0. The number of aryl methyl sites for hydroxylation is 2. The Morgan fingerprint density at radius 3 is 2.21 bits per heavy atom. The molecule has 3 nitrogen and oxygen atoms in total. The molecule has 0 bridgehead atoms. The van der Waals surface area contributed by atoms with E-state index >= 15 is 0 Å². The molecule has 4 heteroatoms. The average Bonchev–Trinajstić information content (AvgIpc) is 3.47. The van der Waals surface area contributed by atoms with Crippen LogP contribution in [0, 0.1) is 19.8 Å². The second kappa shape index (κ2) is 7.84. The van der Waals surface area contributed by atoms with Crippen LogP contribution in [0.5, 0.6) is 0 Å². The minimum Gasteiger partial charge on any atom is -0.273 e. The third-order valence-electron chi connectivity index (χ3n) is 5.63. The van der Waals surface area contributed by atoms with Gasteiger partial charge in [0.25, 0.3) is 0 Å². The van der Waals surface area contributed by atoms with Crippen molar-refractivity contribution in [2.45, 2.75) is 25.7 Å². The van der Waals surface area contributed by atoms with Gasteiger partial charge in [-0.05, 0) is 37.5 Å². The number of hydrogen-bond acceptors (Lipinski definition) is 2. The van der Waals surface area contributed by atoms with Crippen LogP contribution in [0.1, 0.15) is 34.2 Å². The van der Waals surface area contributed by atoms with Crippen LogP contribution in [0.3, 0.4) is 0 Å². The first-order valence-electron chi connectivity index (χ1n) is 9.72. The molecule has 1 aliphatic rings. The van der Waals surface area contributed by atoms with Gasteiger partial charge in [0.15, 0.2) is 0 Å². The normalized spacial score (nSPS) is 17.3. The van der Waals surface area contributed by atoms with Gasteiger partial charge in [-0.2, -0.15) is 5.10 Å². The van der Waals surface area contributed by atoms with E-state index in [0.29, 0.717) is 5.02 Å². The van der Waals surface area contributed by atoms with Gasteiger partial charge in [0.1, 0.15) is 0 Å². The summed E-state index contributed by atoms with van der Waals surface area (Å²) >= 11 is 6.15. The number of halogens is 1. The van der Waals surface area contributed by atoms with E-state index in [1.807, 2.05) is 18.2 Å². The molecule has 3 aromatic rings. The Morgan fingerprint density at radius 1 is 1.00 bits per heavy atom. The summed E-state index contributed by atoms with van der Waals surface area (Å²) in [5.41, 5.74) is 7.93. The van der Waals surface area contributed by atoms with Crippen molar-refractivity contribution in [1.82, 2.24) is 5.43 Å². The van der Waals surface area contributed by atoms with Crippen LogP contribution in [-0.2, 0) is 10.2 Å². The Morgan fingerprint density at radius 2 is 1.62 bits per heavy atom. The minimum atomic E-state index is -0.304. The molecule has 0 radical (unpaired) electrons. The molecule has 0 aromatic heterocycles. The summed E-state index contributed by atoms with van der Waals surface area (Å²) in [7, 11) is 0. The van der Waals surface area contributed by atoms with Crippen LogP contribution in [0.2, 0.25) is 5.02 Å². The number of nitrogens with zero attached hydrogens (tertiary/aromatic N) is 1. The molecule has 0 spiro atoms. The second-order valence-corrected chi connectivity index (χ2v) is 8.13. The van der Waals surface area contributed by atoms with Gasteiger partial charge in [0, 0.05) is 16.0 Å². The van der Waals surface area contributed by atoms with Gasteiger partial charge in [0.2, 0.25) is 5.91 Å². The average molecular weight is 403 g/mol. The van der Waals surface area contributed by atoms with Gasteiger partial charge >= 0.3 is 0 Å². The van der Waals surface area contributed by atoms with Crippen molar-refractivity contribution >= 4 is 23.7 Å². The molecule has 1 saturated carbocycles. The summed E-state index contributed by atoms with van der Waals surface area (Å²) in [6, 6.07) is 24.3. The number of rotatable bonds is 5. The van der Waals surface area contributed by atoms with E-state index in [-0.39, 0.29) is 17.2 Å². The molecule has 1 unspecified atom stereocenters. The largest absolute Gasteiger partial charge is 0.273 e. The zero-order valence-electron chi connectivity index (χ0n) is 16.5. The summed E-state index contributed by atoms with van der Waals surface area (Å²) in [4.78, 5) is 13.0. The fraction of sp³-hybridized carbons (Fsp3) is 0.200. The lowest BCUT2D eigenvalue weighted by molar-refractivity contribution is -0.122. The highest BCUT2D eigenvalue weighted by Crippen LogP contribution is 2.59. The van der Waals surface area contributed by atoms with E-state index in [9.17, 15) is 4.79 Å². The first-order valence-corrected chi connectivity index (χ1v) is 10.1. The molecule has 1 atom stereocenters. The van der Waals surface area contributed by atoms with Crippen LogP contribution in [-0.4, -0.2) is 12.1 Å². The molecule has 1 N–H and O–H groups in total. The number of nitrogens with one attached hydrogen (secondary N) is 1. The van der Waals surface area contributed by atoms with Gasteiger partial charge in [0.05, 0.1) is 12.1 Å². The monoisotopic (exact) mass is 402 g/mol. The molecule has 3 aromatic carbocycles. The fourth-order valence-electron chi connectivity index (χ4n) is 4.05. The van der Waals surface area contributed by atoms with Crippen LogP contribution in [0.15, 0.2) is 77.9 Å². The Bertz CT molecular complexity index is 1040. The summed E-state index contributed by atoms with van der Waals surface area (Å²) < 4.78 is 0. The smallest absolute Gasteiger partial charge is 0.244 e. The van der Waals surface area contributed by atoms with E-state index in [4.69, 9.17) is 11.6 Å². The van der Waals surface area contributed by atoms with Gasteiger partial charge in [-0.1, -0.05) is 89.5 Å². The fourth-order valence-corrected chi connectivity index (χ4v) is 4.24. The second-order valence-electron chi connectivity index (χ2n) is 7.72. The first kappa shape index (κ1) is 19.4. The third-order valence-corrected chi connectivity index (χ3v) is 5.97. The maximum atomic E-state index is 13.0. The molecular weight excluding hydrogens is 380 g/mol. The summed E-state index contributed by atoms with van der Waals surface area (Å²) in [5, 5.41) is 4.75. The van der Waals surface area contributed by atoms with E-state index < -0.39 is 0 Å². The highest BCUT2D eigenvalue weighted by molar-refractivity contribution is 6.33. The van der Waals surface area contributed by atoms with Crippen molar-refractivity contribution in [3.63, 3.8) is 0 Å². The zero-order valence-corrected chi connectivity index (χ0v) is 17.3. The number of carbonyl (C=O) groups excluding carboxylic acids is 1. The third kappa shape index (κ3) is 3.83. The lowest BCUT2D eigenvalue weighted by Gasteiger charge is -2.19. The molecular formula is C25H23ClN2O. The van der Waals surface area contributed by atoms with Gasteiger partial charge in [-0.3, -0.25) is 4.79 Å². The Kier molecular flexibility index (Phi) is 5.25. The topological polar surface area (TPSA) is 41.5 Å². The van der Waals surface area contributed by atoms with Crippen LogP contribution in [0.4, 0.5) is 0 Å². The maximum Gasteiger partial charge on any atom is 0.244 e. The van der Waals surface area contributed by atoms with Gasteiger partial charge in [-0.25, -0.2) is 5.43 Å². The van der Waals surface area contributed by atoms with Crippen molar-refractivity contribution in [3.8, 4) is 0 Å². The van der Waals surface area contributed by atoms with Crippen LogP contribution in [0.25, 0.3) is 0 Å². The Labute approximate surface area is 176 Å².